The Kier molecular flexibility index (Phi) is 3.73. The molecule has 7 heteroatoms. The Morgan fingerprint density at radius 3 is 2.35 bits per heavy atom. The van der Waals surface area contributed by atoms with Crippen LogP contribution < -0.4 is 0 Å². The van der Waals surface area contributed by atoms with Crippen LogP contribution in [0.3, 0.4) is 0 Å². The third-order valence-corrected chi connectivity index (χ3v) is 4.42. The van der Waals surface area contributed by atoms with Gasteiger partial charge in [0.25, 0.3) is 0 Å². The molecule has 2 aromatic carbocycles. The minimum atomic E-state index is 0.398. The molecule has 0 amide bonds. The average molecular weight is 364 g/mol. The van der Waals surface area contributed by atoms with Gasteiger partial charge in [-0.25, -0.2) is 0 Å². The lowest BCUT2D eigenvalue weighted by atomic mass is 10.2. The van der Waals surface area contributed by atoms with Crippen molar-refractivity contribution in [2.45, 2.75) is 0 Å². The van der Waals surface area contributed by atoms with Crippen molar-refractivity contribution >= 4 is 69.7 Å². The normalized spacial score (nSPS) is 11.2. The van der Waals surface area contributed by atoms with Crippen molar-refractivity contribution < 1.29 is 0 Å². The molecule has 20 heavy (non-hydrogen) atoms. The molecule has 0 fully saturated rings. The van der Waals surface area contributed by atoms with Gasteiger partial charge >= 0.3 is 0 Å². The molecule has 1 aromatic heterocycles. The first-order valence-corrected chi connectivity index (χ1v) is 7.44. The zero-order valence-electron chi connectivity index (χ0n) is 9.75. The van der Waals surface area contributed by atoms with E-state index in [-0.39, 0.29) is 0 Å². The first-order valence-electron chi connectivity index (χ1n) is 5.52. The van der Waals surface area contributed by atoms with Crippen molar-refractivity contribution in [1.82, 2.24) is 9.55 Å². The van der Waals surface area contributed by atoms with E-state index in [0.717, 1.165) is 11.0 Å². The Balaban J connectivity index is 2.38. The third kappa shape index (κ3) is 2.34. The summed E-state index contributed by atoms with van der Waals surface area (Å²) in [4.78, 5) is 3.09. The SMILES string of the molecule is S=c1[nH]c2cc(Cl)ccc2n1-c1cc(Cl)c(Cl)cc1Cl. The second-order valence-electron chi connectivity index (χ2n) is 4.14. The fourth-order valence-corrected chi connectivity index (χ4v) is 3.11. The number of H-pyrrole nitrogens is 1. The minimum absolute atomic E-state index is 0.398. The van der Waals surface area contributed by atoms with Crippen LogP contribution in [-0.2, 0) is 0 Å². The predicted octanol–water partition coefficient (Wildman–Crippen LogP) is 6.30. The van der Waals surface area contributed by atoms with Gasteiger partial charge in [0.2, 0.25) is 0 Å². The van der Waals surface area contributed by atoms with E-state index in [9.17, 15) is 0 Å². The van der Waals surface area contributed by atoms with Gasteiger partial charge in [-0.2, -0.15) is 0 Å². The maximum Gasteiger partial charge on any atom is 0.182 e. The van der Waals surface area contributed by atoms with Gasteiger partial charge in [0.15, 0.2) is 4.77 Å². The summed E-state index contributed by atoms with van der Waals surface area (Å²) in [7, 11) is 0. The van der Waals surface area contributed by atoms with Crippen molar-refractivity contribution in [3.05, 3.63) is 55.2 Å². The van der Waals surface area contributed by atoms with Crippen LogP contribution in [0.2, 0.25) is 20.1 Å². The lowest BCUT2D eigenvalue weighted by Gasteiger charge is -2.09. The Bertz CT molecular complexity index is 882. The van der Waals surface area contributed by atoms with Gasteiger partial charge in [0.1, 0.15) is 0 Å². The van der Waals surface area contributed by atoms with Crippen LogP contribution in [0.4, 0.5) is 0 Å². The molecule has 1 N–H and O–H groups in total. The number of nitrogens with zero attached hydrogens (tertiary/aromatic N) is 1. The third-order valence-electron chi connectivity index (χ3n) is 2.87. The van der Waals surface area contributed by atoms with Crippen molar-refractivity contribution in [3.8, 4) is 5.69 Å². The molecule has 0 saturated carbocycles. The van der Waals surface area contributed by atoms with Crippen molar-refractivity contribution in [3.63, 3.8) is 0 Å². The van der Waals surface area contributed by atoms with E-state index in [2.05, 4.69) is 4.98 Å². The van der Waals surface area contributed by atoms with Crippen LogP contribution in [0.5, 0.6) is 0 Å². The van der Waals surface area contributed by atoms with Crippen LogP contribution in [0.1, 0.15) is 0 Å². The van der Waals surface area contributed by atoms with E-state index in [4.69, 9.17) is 58.6 Å². The number of nitrogens with one attached hydrogen (secondary N) is 1. The van der Waals surface area contributed by atoms with E-state index in [1.54, 1.807) is 28.8 Å². The average Bonchev–Trinajstić information content (AvgIpc) is 2.69. The summed E-state index contributed by atoms with van der Waals surface area (Å²) in [5.41, 5.74) is 2.35. The van der Waals surface area contributed by atoms with Gasteiger partial charge in [-0.3, -0.25) is 4.57 Å². The molecule has 3 rings (SSSR count). The van der Waals surface area contributed by atoms with E-state index in [0.29, 0.717) is 30.5 Å². The van der Waals surface area contributed by atoms with Crippen LogP contribution in [0.15, 0.2) is 30.3 Å². The summed E-state index contributed by atoms with van der Waals surface area (Å²) in [6.07, 6.45) is 0. The lowest BCUT2D eigenvalue weighted by Crippen LogP contribution is -1.95. The molecule has 0 aliphatic carbocycles. The maximum atomic E-state index is 6.25. The smallest absolute Gasteiger partial charge is 0.182 e. The number of aromatic amines is 1. The Hall–Kier alpha value is -0.710. The molecule has 2 nitrogen and oxygen atoms in total. The van der Waals surface area contributed by atoms with Crippen LogP contribution in [-0.4, -0.2) is 9.55 Å². The van der Waals surface area contributed by atoms with Crippen molar-refractivity contribution in [2.24, 2.45) is 0 Å². The number of aromatic nitrogens is 2. The van der Waals surface area contributed by atoms with Crippen LogP contribution >= 0.6 is 58.6 Å². The molecule has 0 bridgehead atoms. The molecule has 1 heterocycles. The van der Waals surface area contributed by atoms with Gasteiger partial charge in [-0.15, -0.1) is 0 Å². The molecule has 0 spiro atoms. The Labute approximate surface area is 139 Å². The van der Waals surface area contributed by atoms with Gasteiger partial charge in [0, 0.05) is 5.02 Å². The zero-order valence-corrected chi connectivity index (χ0v) is 13.6. The number of hydrogen-bond acceptors (Lipinski definition) is 1. The number of fused-ring (bicyclic) bond motifs is 1. The first-order chi connectivity index (χ1) is 9.47. The van der Waals surface area contributed by atoms with Crippen molar-refractivity contribution in [2.75, 3.05) is 0 Å². The maximum absolute atomic E-state index is 6.25. The van der Waals surface area contributed by atoms with Crippen molar-refractivity contribution in [1.29, 1.82) is 0 Å². The Morgan fingerprint density at radius 2 is 1.60 bits per heavy atom. The summed E-state index contributed by atoms with van der Waals surface area (Å²) < 4.78 is 2.30. The molecule has 0 radical (unpaired) electrons. The molecule has 0 saturated heterocycles. The van der Waals surface area contributed by atoms with Crippen LogP contribution in [0.25, 0.3) is 16.7 Å². The zero-order chi connectivity index (χ0) is 14.4. The van der Waals surface area contributed by atoms with E-state index < -0.39 is 0 Å². The van der Waals surface area contributed by atoms with Gasteiger partial charge in [0.05, 0.1) is 31.8 Å². The molecule has 0 aliphatic rings. The van der Waals surface area contributed by atoms with E-state index in [1.165, 1.54) is 0 Å². The molecule has 0 unspecified atom stereocenters. The minimum Gasteiger partial charge on any atom is -0.330 e. The number of benzene rings is 2. The van der Waals surface area contributed by atoms with Crippen LogP contribution in [0, 0.1) is 4.77 Å². The van der Waals surface area contributed by atoms with Gasteiger partial charge in [-0.1, -0.05) is 46.4 Å². The second kappa shape index (κ2) is 5.24. The standard InChI is InChI=1S/C13H6Cl4N2S/c14-6-1-2-11-10(3-6)18-13(20)19(11)12-5-8(16)7(15)4-9(12)17/h1-5H,(H,18,20). The van der Waals surface area contributed by atoms with Gasteiger partial charge in [-0.05, 0) is 42.5 Å². The van der Waals surface area contributed by atoms with E-state index in [1.807, 2.05) is 6.07 Å². The summed E-state index contributed by atoms with van der Waals surface area (Å²) in [6.45, 7) is 0. The number of rotatable bonds is 1. The molecule has 102 valence electrons. The van der Waals surface area contributed by atoms with Gasteiger partial charge < -0.3 is 4.98 Å². The highest BCUT2D eigenvalue weighted by Crippen LogP contribution is 2.33. The summed E-state index contributed by atoms with van der Waals surface area (Å²) >= 11 is 29.6. The topological polar surface area (TPSA) is 20.7 Å². The number of hydrogen-bond donors (Lipinski definition) is 1. The molecular formula is C13H6Cl4N2S. The highest BCUT2D eigenvalue weighted by molar-refractivity contribution is 7.71. The first kappa shape index (κ1) is 14.2. The lowest BCUT2D eigenvalue weighted by molar-refractivity contribution is 1.07. The molecule has 0 atom stereocenters. The summed E-state index contributed by atoms with van der Waals surface area (Å²) in [6, 6.07) is 8.73. The molecule has 0 aliphatic heterocycles. The predicted molar refractivity (Wildman–Crippen MR) is 88.5 cm³/mol. The monoisotopic (exact) mass is 362 g/mol. The fraction of sp³-hybridized carbons (Fsp3) is 0. The second-order valence-corrected chi connectivity index (χ2v) is 6.19. The number of imidazole rings is 1. The Morgan fingerprint density at radius 1 is 0.900 bits per heavy atom. The summed E-state index contributed by atoms with van der Waals surface area (Å²) in [5.74, 6) is 0. The highest BCUT2D eigenvalue weighted by atomic mass is 35.5. The largest absolute Gasteiger partial charge is 0.330 e. The molecule has 3 aromatic rings. The molecular weight excluding hydrogens is 358 g/mol. The highest BCUT2D eigenvalue weighted by Gasteiger charge is 2.12. The van der Waals surface area contributed by atoms with E-state index >= 15 is 0 Å². The number of halogens is 4. The fourth-order valence-electron chi connectivity index (χ4n) is 2.01. The quantitative estimate of drug-likeness (QED) is 0.397. The summed E-state index contributed by atoms with van der Waals surface area (Å²) in [5, 5.41) is 1.90.